The maximum absolute atomic E-state index is 13.6. The van der Waals surface area contributed by atoms with E-state index in [9.17, 15) is 4.79 Å². The molecule has 0 saturated heterocycles. The largest absolute Gasteiger partial charge is 0.352 e. The van der Waals surface area contributed by atoms with Crippen LogP contribution >= 0.6 is 0 Å². The molecule has 1 aliphatic rings. The molecule has 0 heterocycles. The van der Waals surface area contributed by atoms with E-state index in [1.165, 1.54) is 24.0 Å². The van der Waals surface area contributed by atoms with E-state index in [0.717, 1.165) is 18.4 Å². The fourth-order valence-electron chi connectivity index (χ4n) is 4.39. The van der Waals surface area contributed by atoms with Crippen LogP contribution in [0.5, 0.6) is 0 Å². The third kappa shape index (κ3) is 5.37. The predicted octanol–water partition coefficient (Wildman–Crippen LogP) is 5.49. The lowest BCUT2D eigenvalue weighted by molar-refractivity contribution is -0.128. The third-order valence-electron chi connectivity index (χ3n) is 5.89. The van der Waals surface area contributed by atoms with Crippen molar-refractivity contribution in [3.05, 3.63) is 108 Å². The van der Waals surface area contributed by atoms with Crippen molar-refractivity contribution in [3.63, 3.8) is 0 Å². The summed E-state index contributed by atoms with van der Waals surface area (Å²) in [7, 11) is 0. The Balaban J connectivity index is 1.66. The molecule has 3 nitrogen and oxygen atoms in total. The standard InChI is InChI=1S/C27H30N2O/c30-27(28-25-18-10-11-19-25)26(24-16-8-3-9-17-24)29(20-22-12-4-1-5-13-22)21-23-14-6-2-7-15-23/h1-9,12-17,25-26H,10-11,18-21H2,(H,28,30)/t26-/m0/s1. The lowest BCUT2D eigenvalue weighted by Gasteiger charge is -2.32. The number of nitrogens with zero attached hydrogens (tertiary/aromatic N) is 1. The Labute approximate surface area is 179 Å². The smallest absolute Gasteiger partial charge is 0.242 e. The highest BCUT2D eigenvalue weighted by Gasteiger charge is 2.30. The summed E-state index contributed by atoms with van der Waals surface area (Å²) in [5, 5.41) is 3.35. The molecule has 0 spiro atoms. The Bertz CT molecular complexity index is 864. The van der Waals surface area contributed by atoms with Gasteiger partial charge in [0.25, 0.3) is 0 Å². The highest BCUT2D eigenvalue weighted by Crippen LogP contribution is 2.27. The average molecular weight is 399 g/mol. The summed E-state index contributed by atoms with van der Waals surface area (Å²) in [6, 6.07) is 31.0. The number of nitrogens with one attached hydrogen (secondary N) is 1. The zero-order chi connectivity index (χ0) is 20.6. The van der Waals surface area contributed by atoms with Gasteiger partial charge in [-0.05, 0) is 29.5 Å². The Morgan fingerprint density at radius 1 is 0.767 bits per heavy atom. The van der Waals surface area contributed by atoms with Gasteiger partial charge in [-0.3, -0.25) is 9.69 Å². The second-order valence-electron chi connectivity index (χ2n) is 8.18. The topological polar surface area (TPSA) is 32.3 Å². The Morgan fingerprint density at radius 2 is 1.23 bits per heavy atom. The molecule has 1 amide bonds. The molecule has 3 aromatic rings. The van der Waals surface area contributed by atoms with Crippen LogP contribution in [0.4, 0.5) is 0 Å². The van der Waals surface area contributed by atoms with Crippen molar-refractivity contribution < 1.29 is 4.79 Å². The van der Waals surface area contributed by atoms with Crippen LogP contribution in [-0.2, 0) is 17.9 Å². The van der Waals surface area contributed by atoms with Crippen LogP contribution < -0.4 is 5.32 Å². The number of carbonyl (C=O) groups is 1. The molecule has 0 bridgehead atoms. The normalized spacial score (nSPS) is 15.2. The van der Waals surface area contributed by atoms with Crippen LogP contribution in [0.3, 0.4) is 0 Å². The van der Waals surface area contributed by atoms with Crippen LogP contribution in [0.1, 0.15) is 48.4 Å². The van der Waals surface area contributed by atoms with E-state index in [2.05, 4.69) is 70.9 Å². The summed E-state index contributed by atoms with van der Waals surface area (Å²) >= 11 is 0. The molecule has 0 radical (unpaired) electrons. The van der Waals surface area contributed by atoms with Crippen molar-refractivity contribution in [3.8, 4) is 0 Å². The Kier molecular flexibility index (Phi) is 6.94. The molecule has 1 aliphatic carbocycles. The molecule has 0 aromatic heterocycles. The van der Waals surface area contributed by atoms with Gasteiger partial charge in [-0.2, -0.15) is 0 Å². The number of rotatable bonds is 8. The van der Waals surface area contributed by atoms with Crippen LogP contribution in [0.25, 0.3) is 0 Å². The van der Waals surface area contributed by atoms with Crippen molar-refractivity contribution in [1.82, 2.24) is 10.2 Å². The Hall–Kier alpha value is -2.91. The van der Waals surface area contributed by atoms with Crippen molar-refractivity contribution in [2.24, 2.45) is 0 Å². The molecule has 154 valence electrons. The summed E-state index contributed by atoms with van der Waals surface area (Å²) in [5.41, 5.74) is 3.46. The lowest BCUT2D eigenvalue weighted by Crippen LogP contribution is -2.43. The quantitative estimate of drug-likeness (QED) is 0.544. The maximum Gasteiger partial charge on any atom is 0.242 e. The van der Waals surface area contributed by atoms with E-state index < -0.39 is 0 Å². The zero-order valence-electron chi connectivity index (χ0n) is 17.4. The monoisotopic (exact) mass is 398 g/mol. The van der Waals surface area contributed by atoms with Gasteiger partial charge in [0.2, 0.25) is 5.91 Å². The number of benzene rings is 3. The minimum atomic E-state index is -0.327. The zero-order valence-corrected chi connectivity index (χ0v) is 17.4. The summed E-state index contributed by atoms with van der Waals surface area (Å²) in [4.78, 5) is 15.9. The van der Waals surface area contributed by atoms with Crippen LogP contribution in [0.2, 0.25) is 0 Å². The van der Waals surface area contributed by atoms with Crippen molar-refractivity contribution >= 4 is 5.91 Å². The molecule has 4 rings (SSSR count). The number of carbonyl (C=O) groups excluding carboxylic acids is 1. The SMILES string of the molecule is O=C(NC1CCCC1)[C@H](c1ccccc1)N(Cc1ccccc1)Cc1ccccc1. The van der Waals surface area contributed by atoms with E-state index >= 15 is 0 Å². The fraction of sp³-hybridized carbons (Fsp3) is 0.296. The van der Waals surface area contributed by atoms with Gasteiger partial charge >= 0.3 is 0 Å². The van der Waals surface area contributed by atoms with E-state index in [1.54, 1.807) is 0 Å². The van der Waals surface area contributed by atoms with E-state index in [1.807, 2.05) is 30.3 Å². The van der Waals surface area contributed by atoms with Gasteiger partial charge in [0.1, 0.15) is 6.04 Å². The fourth-order valence-corrected chi connectivity index (χ4v) is 4.39. The second-order valence-corrected chi connectivity index (χ2v) is 8.18. The van der Waals surface area contributed by atoms with E-state index in [-0.39, 0.29) is 11.9 Å². The average Bonchev–Trinajstić information content (AvgIpc) is 3.29. The maximum atomic E-state index is 13.6. The van der Waals surface area contributed by atoms with Crippen LogP contribution in [0, 0.1) is 0 Å². The first-order valence-electron chi connectivity index (χ1n) is 11.0. The van der Waals surface area contributed by atoms with Crippen LogP contribution in [-0.4, -0.2) is 16.8 Å². The van der Waals surface area contributed by atoms with Gasteiger partial charge in [-0.15, -0.1) is 0 Å². The molecule has 3 aromatic carbocycles. The van der Waals surface area contributed by atoms with Crippen LogP contribution in [0.15, 0.2) is 91.0 Å². The molecule has 1 saturated carbocycles. The highest BCUT2D eigenvalue weighted by atomic mass is 16.2. The number of hydrogen-bond donors (Lipinski definition) is 1. The summed E-state index contributed by atoms with van der Waals surface area (Å²) in [6.07, 6.45) is 4.59. The molecule has 1 fully saturated rings. The molecule has 1 N–H and O–H groups in total. The van der Waals surface area contributed by atoms with Crippen molar-refractivity contribution in [2.45, 2.75) is 50.9 Å². The third-order valence-corrected chi connectivity index (χ3v) is 5.89. The van der Waals surface area contributed by atoms with Crippen molar-refractivity contribution in [1.29, 1.82) is 0 Å². The summed E-state index contributed by atoms with van der Waals surface area (Å²) in [6.45, 7) is 1.43. The lowest BCUT2D eigenvalue weighted by atomic mass is 10.0. The van der Waals surface area contributed by atoms with Gasteiger partial charge in [0.15, 0.2) is 0 Å². The van der Waals surface area contributed by atoms with Gasteiger partial charge in [-0.25, -0.2) is 0 Å². The van der Waals surface area contributed by atoms with E-state index in [4.69, 9.17) is 0 Å². The minimum absolute atomic E-state index is 0.111. The molecular weight excluding hydrogens is 368 g/mol. The van der Waals surface area contributed by atoms with E-state index in [0.29, 0.717) is 19.1 Å². The summed E-state index contributed by atoms with van der Waals surface area (Å²) < 4.78 is 0. The van der Waals surface area contributed by atoms with Gasteiger partial charge in [-0.1, -0.05) is 104 Å². The predicted molar refractivity (Wildman–Crippen MR) is 122 cm³/mol. The van der Waals surface area contributed by atoms with Gasteiger partial charge < -0.3 is 5.32 Å². The Morgan fingerprint density at radius 3 is 1.73 bits per heavy atom. The molecule has 30 heavy (non-hydrogen) atoms. The van der Waals surface area contributed by atoms with Gasteiger partial charge in [0.05, 0.1) is 0 Å². The summed E-state index contributed by atoms with van der Waals surface area (Å²) in [5.74, 6) is 0.111. The minimum Gasteiger partial charge on any atom is -0.352 e. The molecular formula is C27H30N2O. The number of hydrogen-bond acceptors (Lipinski definition) is 2. The first kappa shape index (κ1) is 20.4. The first-order valence-corrected chi connectivity index (χ1v) is 11.0. The first-order chi connectivity index (χ1) is 14.8. The highest BCUT2D eigenvalue weighted by molar-refractivity contribution is 5.83. The second kappa shape index (κ2) is 10.2. The molecule has 0 unspecified atom stereocenters. The number of amides is 1. The van der Waals surface area contributed by atoms with Crippen molar-refractivity contribution in [2.75, 3.05) is 0 Å². The molecule has 1 atom stereocenters. The molecule has 3 heteroatoms. The van der Waals surface area contributed by atoms with Gasteiger partial charge in [0, 0.05) is 19.1 Å². The molecule has 0 aliphatic heterocycles.